The summed E-state index contributed by atoms with van der Waals surface area (Å²) < 4.78 is 33.4. The Bertz CT molecular complexity index is 1320. The SMILES string of the molecule is CC.COC(=O)Cc1csc(NC(=O)c2cc3c(n(Cc4ccc(F)c(F)c4)c2=O)CCCCCC3)n1. The highest BCUT2D eigenvalue weighted by Gasteiger charge is 2.22. The Hall–Kier alpha value is -3.40. The van der Waals surface area contributed by atoms with E-state index in [2.05, 4.69) is 15.0 Å². The number of rotatable bonds is 6. The third kappa shape index (κ3) is 7.09. The van der Waals surface area contributed by atoms with Gasteiger partial charge in [0.1, 0.15) is 5.56 Å². The van der Waals surface area contributed by atoms with Crippen LogP contribution in [0.5, 0.6) is 0 Å². The summed E-state index contributed by atoms with van der Waals surface area (Å²) in [6, 6.07) is 5.18. The van der Waals surface area contributed by atoms with E-state index in [1.165, 1.54) is 17.7 Å². The summed E-state index contributed by atoms with van der Waals surface area (Å²) in [5.74, 6) is -3.01. The van der Waals surface area contributed by atoms with Crippen molar-refractivity contribution in [1.29, 1.82) is 0 Å². The van der Waals surface area contributed by atoms with E-state index >= 15 is 0 Å². The van der Waals surface area contributed by atoms with Crippen LogP contribution in [0.15, 0.2) is 34.4 Å². The van der Waals surface area contributed by atoms with Gasteiger partial charge in [0.2, 0.25) is 0 Å². The van der Waals surface area contributed by atoms with E-state index < -0.39 is 29.1 Å². The van der Waals surface area contributed by atoms with Crippen LogP contribution in [0.2, 0.25) is 0 Å². The number of hydrogen-bond donors (Lipinski definition) is 1. The number of anilines is 1. The lowest BCUT2D eigenvalue weighted by Gasteiger charge is -2.21. The van der Waals surface area contributed by atoms with Gasteiger partial charge in [0.05, 0.1) is 25.8 Å². The van der Waals surface area contributed by atoms with Crippen LogP contribution in [-0.2, 0) is 35.3 Å². The number of carbonyl (C=O) groups excluding carboxylic acids is 2. The average molecular weight is 532 g/mol. The summed E-state index contributed by atoms with van der Waals surface area (Å²) in [5.41, 5.74) is 2.06. The number of halogens is 2. The van der Waals surface area contributed by atoms with Crippen LogP contribution < -0.4 is 10.9 Å². The number of methoxy groups -OCH3 is 1. The summed E-state index contributed by atoms with van der Waals surface area (Å²) in [6.07, 6.45) is 5.29. The molecule has 1 aromatic carbocycles. The molecular weight excluding hydrogens is 500 g/mol. The van der Waals surface area contributed by atoms with Crippen LogP contribution in [0.1, 0.15) is 72.4 Å². The summed E-state index contributed by atoms with van der Waals surface area (Å²) in [5, 5.41) is 4.54. The Morgan fingerprint density at radius 3 is 2.51 bits per heavy atom. The van der Waals surface area contributed by atoms with Gasteiger partial charge < -0.3 is 9.30 Å². The molecule has 2 heterocycles. The van der Waals surface area contributed by atoms with Crippen LogP contribution in [0.25, 0.3) is 0 Å². The Labute approximate surface area is 218 Å². The summed E-state index contributed by atoms with van der Waals surface area (Å²) >= 11 is 1.14. The van der Waals surface area contributed by atoms with E-state index in [9.17, 15) is 23.2 Å². The summed E-state index contributed by atoms with van der Waals surface area (Å²) in [7, 11) is 1.28. The molecule has 1 aliphatic rings. The maximum atomic E-state index is 13.8. The van der Waals surface area contributed by atoms with Crippen LogP contribution in [-0.4, -0.2) is 28.5 Å². The summed E-state index contributed by atoms with van der Waals surface area (Å²) in [4.78, 5) is 42.3. The van der Waals surface area contributed by atoms with Crippen molar-refractivity contribution in [3.63, 3.8) is 0 Å². The third-order valence-electron chi connectivity index (χ3n) is 5.99. The normalized spacial score (nSPS) is 12.9. The van der Waals surface area contributed by atoms with Crippen molar-refractivity contribution in [3.8, 4) is 0 Å². The van der Waals surface area contributed by atoms with Crippen LogP contribution in [0.3, 0.4) is 0 Å². The van der Waals surface area contributed by atoms with E-state index in [1.807, 2.05) is 13.8 Å². The van der Waals surface area contributed by atoms with Gasteiger partial charge in [0.15, 0.2) is 16.8 Å². The highest BCUT2D eigenvalue weighted by Crippen LogP contribution is 2.23. The van der Waals surface area contributed by atoms with E-state index in [4.69, 9.17) is 0 Å². The zero-order valence-electron chi connectivity index (χ0n) is 21.2. The highest BCUT2D eigenvalue weighted by molar-refractivity contribution is 7.14. The molecule has 1 N–H and O–H groups in total. The van der Waals surface area contributed by atoms with Gasteiger partial charge in [0.25, 0.3) is 11.5 Å². The fourth-order valence-corrected chi connectivity index (χ4v) is 4.92. The Kier molecular flexibility index (Phi) is 10.1. The zero-order valence-corrected chi connectivity index (χ0v) is 22.1. The molecule has 37 heavy (non-hydrogen) atoms. The molecular formula is C27H31F2N3O4S. The standard InChI is InChI=1S/C25H25F2N3O4S.C2H6/c1-34-22(31)12-17-14-35-25(28-17)29-23(32)18-11-16-6-4-2-3-5-7-21(16)30(24(18)33)13-15-8-9-19(26)20(27)10-15;1-2/h8-11,14H,2-7,12-13H2,1H3,(H,28,29,32);1-2H3. The molecule has 2 aromatic heterocycles. The molecule has 0 atom stereocenters. The average Bonchev–Trinajstić information content (AvgIpc) is 3.31. The third-order valence-corrected chi connectivity index (χ3v) is 6.80. The quantitative estimate of drug-likeness (QED) is 0.437. The van der Waals surface area contributed by atoms with Crippen molar-refractivity contribution in [3.05, 3.63) is 79.7 Å². The van der Waals surface area contributed by atoms with Gasteiger partial charge in [-0.15, -0.1) is 11.3 Å². The number of aryl methyl sites for hydroxylation is 1. The fraction of sp³-hybridized carbons (Fsp3) is 0.407. The maximum Gasteiger partial charge on any atom is 0.311 e. The van der Waals surface area contributed by atoms with Crippen LogP contribution in [0, 0.1) is 11.6 Å². The maximum absolute atomic E-state index is 13.8. The number of esters is 1. The first-order valence-corrected chi connectivity index (χ1v) is 13.3. The predicted octanol–water partition coefficient (Wildman–Crippen LogP) is 5.28. The number of fused-ring (bicyclic) bond motifs is 1. The molecule has 0 saturated heterocycles. The molecule has 7 nitrogen and oxygen atoms in total. The molecule has 3 aromatic rings. The van der Waals surface area contributed by atoms with Gasteiger partial charge in [-0.25, -0.2) is 13.8 Å². The summed E-state index contributed by atoms with van der Waals surface area (Å²) in [6.45, 7) is 4.03. The molecule has 0 spiro atoms. The number of amides is 1. The number of pyridine rings is 1. The van der Waals surface area contributed by atoms with Crippen molar-refractivity contribution >= 4 is 28.3 Å². The number of carbonyl (C=O) groups is 2. The lowest BCUT2D eigenvalue weighted by molar-refractivity contribution is -0.139. The number of hydrogen-bond acceptors (Lipinski definition) is 6. The van der Waals surface area contributed by atoms with Gasteiger partial charge in [-0.3, -0.25) is 19.7 Å². The second-order valence-corrected chi connectivity index (χ2v) is 9.29. The number of thiazole rings is 1. The first-order valence-electron chi connectivity index (χ1n) is 12.4. The molecule has 0 aliphatic heterocycles. The number of benzene rings is 1. The first kappa shape index (κ1) is 28.2. The highest BCUT2D eigenvalue weighted by atomic mass is 32.1. The Balaban J connectivity index is 0.00000186. The minimum Gasteiger partial charge on any atom is -0.469 e. The second kappa shape index (κ2) is 13.2. The molecule has 198 valence electrons. The minimum atomic E-state index is -0.987. The smallest absolute Gasteiger partial charge is 0.311 e. The van der Waals surface area contributed by atoms with Crippen LogP contribution in [0.4, 0.5) is 13.9 Å². The van der Waals surface area contributed by atoms with Gasteiger partial charge in [0, 0.05) is 11.1 Å². The van der Waals surface area contributed by atoms with Crippen molar-refractivity contribution in [2.24, 2.45) is 0 Å². The van der Waals surface area contributed by atoms with Gasteiger partial charge in [-0.2, -0.15) is 0 Å². The molecule has 1 aliphatic carbocycles. The molecule has 0 bridgehead atoms. The molecule has 10 heteroatoms. The van der Waals surface area contributed by atoms with E-state index in [1.54, 1.807) is 11.4 Å². The number of nitrogens with zero attached hydrogens (tertiary/aromatic N) is 2. The lowest BCUT2D eigenvalue weighted by Crippen LogP contribution is -2.33. The van der Waals surface area contributed by atoms with Crippen molar-refractivity contribution in [2.75, 3.05) is 12.4 Å². The van der Waals surface area contributed by atoms with Gasteiger partial charge in [-0.1, -0.05) is 32.8 Å². The van der Waals surface area contributed by atoms with Crippen molar-refractivity contribution in [2.45, 2.75) is 65.3 Å². The molecule has 0 unspecified atom stereocenters. The molecule has 0 fully saturated rings. The number of ether oxygens (including phenoxy) is 1. The first-order chi connectivity index (χ1) is 17.9. The number of nitrogens with one attached hydrogen (secondary N) is 1. The van der Waals surface area contributed by atoms with Crippen molar-refractivity contribution < 1.29 is 23.1 Å². The Morgan fingerprint density at radius 1 is 1.08 bits per heavy atom. The Morgan fingerprint density at radius 2 is 1.81 bits per heavy atom. The number of aromatic nitrogens is 2. The minimum absolute atomic E-state index is 0.0250. The topological polar surface area (TPSA) is 90.3 Å². The van der Waals surface area contributed by atoms with Crippen LogP contribution >= 0.6 is 11.3 Å². The fourth-order valence-electron chi connectivity index (χ4n) is 4.21. The largest absolute Gasteiger partial charge is 0.469 e. The second-order valence-electron chi connectivity index (χ2n) is 8.43. The van der Waals surface area contributed by atoms with E-state index in [0.717, 1.165) is 60.4 Å². The molecule has 0 radical (unpaired) electrons. The molecule has 1 amide bonds. The zero-order chi connectivity index (χ0) is 26.9. The van der Waals surface area contributed by atoms with Gasteiger partial charge in [-0.05, 0) is 55.0 Å². The van der Waals surface area contributed by atoms with Crippen molar-refractivity contribution in [1.82, 2.24) is 9.55 Å². The van der Waals surface area contributed by atoms with E-state index in [0.29, 0.717) is 24.1 Å². The lowest BCUT2D eigenvalue weighted by atomic mass is 9.95. The monoisotopic (exact) mass is 531 g/mol. The van der Waals surface area contributed by atoms with Gasteiger partial charge >= 0.3 is 5.97 Å². The predicted molar refractivity (Wildman–Crippen MR) is 139 cm³/mol. The molecule has 0 saturated carbocycles. The van der Waals surface area contributed by atoms with E-state index in [-0.39, 0.29) is 23.7 Å². The molecule has 4 rings (SSSR count).